The number of nitrogens with zero attached hydrogens (tertiary/aromatic N) is 1. The lowest BCUT2D eigenvalue weighted by molar-refractivity contribution is -0.119. The Morgan fingerprint density at radius 1 is 1.73 bits per heavy atom. The Morgan fingerprint density at radius 2 is 2.45 bits per heavy atom. The summed E-state index contributed by atoms with van der Waals surface area (Å²) < 4.78 is 1.93. The van der Waals surface area contributed by atoms with E-state index in [1.54, 1.807) is 7.05 Å². The van der Waals surface area contributed by atoms with Crippen molar-refractivity contribution in [2.24, 2.45) is 7.05 Å². The third kappa shape index (κ3) is 2.11. The van der Waals surface area contributed by atoms with Crippen LogP contribution in [-0.2, 0) is 18.3 Å². The van der Waals surface area contributed by atoms with Gasteiger partial charge in [0.15, 0.2) is 0 Å². The molecule has 1 rings (SSSR count). The molecule has 1 N–H and O–H groups in total. The van der Waals surface area contributed by atoms with Crippen molar-refractivity contribution >= 4 is 5.91 Å². The fourth-order valence-corrected chi connectivity index (χ4v) is 0.939. The van der Waals surface area contributed by atoms with Crippen molar-refractivity contribution in [3.05, 3.63) is 24.0 Å². The Kier molecular flexibility index (Phi) is 2.31. The van der Waals surface area contributed by atoms with E-state index in [2.05, 4.69) is 5.32 Å². The summed E-state index contributed by atoms with van der Waals surface area (Å²) in [7, 11) is 3.58. The zero-order chi connectivity index (χ0) is 8.27. The van der Waals surface area contributed by atoms with Crippen molar-refractivity contribution in [2.45, 2.75) is 6.42 Å². The summed E-state index contributed by atoms with van der Waals surface area (Å²) >= 11 is 0. The van der Waals surface area contributed by atoms with Gasteiger partial charge in [0, 0.05) is 26.5 Å². The van der Waals surface area contributed by atoms with E-state index in [0.717, 1.165) is 5.56 Å². The second-order valence-electron chi connectivity index (χ2n) is 2.54. The Balaban J connectivity index is 2.57. The maximum Gasteiger partial charge on any atom is 0.224 e. The Hall–Kier alpha value is -1.25. The molecule has 3 heteroatoms. The highest BCUT2D eigenvalue weighted by molar-refractivity contribution is 5.78. The minimum Gasteiger partial charge on any atom is -0.359 e. The molecule has 0 radical (unpaired) electrons. The molecule has 60 valence electrons. The van der Waals surface area contributed by atoms with Crippen LogP contribution in [0.3, 0.4) is 0 Å². The van der Waals surface area contributed by atoms with Gasteiger partial charge in [0.05, 0.1) is 6.42 Å². The third-order valence-electron chi connectivity index (χ3n) is 1.54. The highest BCUT2D eigenvalue weighted by Crippen LogP contribution is 1.99. The average Bonchev–Trinajstić information content (AvgIpc) is 2.35. The van der Waals surface area contributed by atoms with Crippen LogP contribution in [0.4, 0.5) is 0 Å². The Morgan fingerprint density at radius 3 is 2.91 bits per heavy atom. The molecule has 0 unspecified atom stereocenters. The molecule has 1 aromatic heterocycles. The highest BCUT2D eigenvalue weighted by Gasteiger charge is 2.00. The van der Waals surface area contributed by atoms with Crippen LogP contribution < -0.4 is 5.32 Å². The lowest BCUT2D eigenvalue weighted by atomic mass is 10.2. The molecular weight excluding hydrogens is 140 g/mol. The van der Waals surface area contributed by atoms with E-state index in [-0.39, 0.29) is 5.91 Å². The summed E-state index contributed by atoms with van der Waals surface area (Å²) in [5.41, 5.74) is 1.05. The molecule has 0 saturated carbocycles. The molecule has 0 fully saturated rings. The van der Waals surface area contributed by atoms with Crippen LogP contribution >= 0.6 is 0 Å². The normalized spacial score (nSPS) is 9.64. The van der Waals surface area contributed by atoms with E-state index >= 15 is 0 Å². The van der Waals surface area contributed by atoms with E-state index in [9.17, 15) is 4.79 Å². The van der Waals surface area contributed by atoms with Gasteiger partial charge in [0.2, 0.25) is 5.91 Å². The van der Waals surface area contributed by atoms with Crippen LogP contribution in [0.1, 0.15) is 5.56 Å². The molecule has 11 heavy (non-hydrogen) atoms. The number of carbonyl (C=O) groups is 1. The first kappa shape index (κ1) is 7.85. The van der Waals surface area contributed by atoms with Gasteiger partial charge in [-0.15, -0.1) is 0 Å². The number of carbonyl (C=O) groups excluding carboxylic acids is 1. The molecule has 1 aromatic rings. The van der Waals surface area contributed by atoms with Gasteiger partial charge in [0.1, 0.15) is 0 Å². The van der Waals surface area contributed by atoms with Gasteiger partial charge in [-0.2, -0.15) is 0 Å². The van der Waals surface area contributed by atoms with E-state index in [1.807, 2.05) is 30.1 Å². The molecule has 0 atom stereocenters. The fraction of sp³-hybridized carbons (Fsp3) is 0.375. The average molecular weight is 152 g/mol. The molecule has 1 heterocycles. The van der Waals surface area contributed by atoms with Gasteiger partial charge in [-0.3, -0.25) is 4.79 Å². The SMILES string of the molecule is CNC(=O)Cc1ccn(C)c1. The highest BCUT2D eigenvalue weighted by atomic mass is 16.1. The Labute approximate surface area is 66.0 Å². The zero-order valence-electron chi connectivity index (χ0n) is 6.79. The summed E-state index contributed by atoms with van der Waals surface area (Å²) in [6, 6.07) is 1.94. The van der Waals surface area contributed by atoms with Crippen molar-refractivity contribution in [3.63, 3.8) is 0 Å². The number of amides is 1. The molecule has 0 aromatic carbocycles. The lowest BCUT2D eigenvalue weighted by Gasteiger charge is -1.94. The van der Waals surface area contributed by atoms with Gasteiger partial charge in [0.25, 0.3) is 0 Å². The second kappa shape index (κ2) is 3.23. The minimum absolute atomic E-state index is 0.0520. The van der Waals surface area contributed by atoms with Crippen molar-refractivity contribution in [2.75, 3.05) is 7.05 Å². The first-order valence-electron chi connectivity index (χ1n) is 3.54. The van der Waals surface area contributed by atoms with E-state index in [4.69, 9.17) is 0 Å². The quantitative estimate of drug-likeness (QED) is 0.650. The largest absolute Gasteiger partial charge is 0.359 e. The number of likely N-dealkylation sites (N-methyl/N-ethyl adjacent to an activating group) is 1. The first-order valence-corrected chi connectivity index (χ1v) is 3.54. The molecule has 0 aliphatic rings. The van der Waals surface area contributed by atoms with E-state index < -0.39 is 0 Å². The Bertz CT molecular complexity index is 252. The molecule has 0 bridgehead atoms. The van der Waals surface area contributed by atoms with Crippen LogP contribution in [0.25, 0.3) is 0 Å². The maximum atomic E-state index is 10.9. The van der Waals surface area contributed by atoms with Gasteiger partial charge in [-0.05, 0) is 11.6 Å². The maximum absolute atomic E-state index is 10.9. The van der Waals surface area contributed by atoms with Gasteiger partial charge in [-0.25, -0.2) is 0 Å². The van der Waals surface area contributed by atoms with E-state index in [1.165, 1.54) is 0 Å². The number of aromatic nitrogens is 1. The van der Waals surface area contributed by atoms with Gasteiger partial charge >= 0.3 is 0 Å². The first-order chi connectivity index (χ1) is 5.22. The third-order valence-corrected chi connectivity index (χ3v) is 1.54. The van der Waals surface area contributed by atoms with Crippen molar-refractivity contribution in [1.29, 1.82) is 0 Å². The number of hydrogen-bond acceptors (Lipinski definition) is 1. The molecule has 1 amide bonds. The summed E-state index contributed by atoms with van der Waals surface area (Å²) in [5, 5.41) is 2.57. The summed E-state index contributed by atoms with van der Waals surface area (Å²) in [6.07, 6.45) is 4.34. The van der Waals surface area contributed by atoms with Crippen molar-refractivity contribution < 1.29 is 4.79 Å². The second-order valence-corrected chi connectivity index (χ2v) is 2.54. The molecule has 0 aliphatic carbocycles. The topological polar surface area (TPSA) is 34.0 Å². The smallest absolute Gasteiger partial charge is 0.224 e. The molecular formula is C8H12N2O. The van der Waals surface area contributed by atoms with Crippen LogP contribution in [0.5, 0.6) is 0 Å². The molecule has 0 aliphatic heterocycles. The van der Waals surface area contributed by atoms with Crippen molar-refractivity contribution in [1.82, 2.24) is 9.88 Å². The predicted octanol–water partition coefficient (Wildman–Crippen LogP) is 0.314. The fourth-order valence-electron chi connectivity index (χ4n) is 0.939. The minimum atomic E-state index is 0.0520. The van der Waals surface area contributed by atoms with Crippen LogP contribution in [0, 0.1) is 0 Å². The predicted molar refractivity (Wildman–Crippen MR) is 43.2 cm³/mol. The zero-order valence-corrected chi connectivity index (χ0v) is 6.79. The summed E-state index contributed by atoms with van der Waals surface area (Å²) in [4.78, 5) is 10.9. The molecule has 0 saturated heterocycles. The van der Waals surface area contributed by atoms with Crippen LogP contribution in [0.15, 0.2) is 18.5 Å². The summed E-state index contributed by atoms with van der Waals surface area (Å²) in [6.45, 7) is 0. The summed E-state index contributed by atoms with van der Waals surface area (Å²) in [5.74, 6) is 0.0520. The lowest BCUT2D eigenvalue weighted by Crippen LogP contribution is -2.19. The molecule has 3 nitrogen and oxygen atoms in total. The standard InChI is InChI=1S/C8H12N2O/c1-9-8(11)5-7-3-4-10(2)6-7/h3-4,6H,5H2,1-2H3,(H,9,11). The monoisotopic (exact) mass is 152 g/mol. The van der Waals surface area contributed by atoms with Crippen LogP contribution in [-0.4, -0.2) is 17.5 Å². The van der Waals surface area contributed by atoms with Gasteiger partial charge < -0.3 is 9.88 Å². The number of aryl methyl sites for hydroxylation is 1. The van der Waals surface area contributed by atoms with E-state index in [0.29, 0.717) is 6.42 Å². The number of nitrogens with one attached hydrogen (secondary N) is 1. The van der Waals surface area contributed by atoms with Crippen molar-refractivity contribution in [3.8, 4) is 0 Å². The molecule has 0 spiro atoms. The number of hydrogen-bond donors (Lipinski definition) is 1. The number of rotatable bonds is 2. The van der Waals surface area contributed by atoms with Crippen LogP contribution in [0.2, 0.25) is 0 Å². The van der Waals surface area contributed by atoms with Gasteiger partial charge in [-0.1, -0.05) is 0 Å².